The first kappa shape index (κ1) is 27.0. The Bertz CT molecular complexity index is 1350. The van der Waals surface area contributed by atoms with Gasteiger partial charge < -0.3 is 14.7 Å². The van der Waals surface area contributed by atoms with Crippen molar-refractivity contribution < 1.29 is 24.2 Å². The molecule has 6 rings (SSSR count). The lowest BCUT2D eigenvalue weighted by Crippen LogP contribution is -2.57. The SMILES string of the molecule is O=C(O)C1CC(N2CCC3(CCOC(=O)N3Cc3ccccc3)C2)CN1C(=O)C(c1ccccc1)c1ccccc1. The van der Waals surface area contributed by atoms with Crippen LogP contribution >= 0.6 is 0 Å². The molecule has 8 nitrogen and oxygen atoms in total. The van der Waals surface area contributed by atoms with Gasteiger partial charge in [0, 0.05) is 38.6 Å². The fourth-order valence-electron chi connectivity index (χ4n) is 6.85. The molecule has 0 radical (unpaired) electrons. The first-order valence-electron chi connectivity index (χ1n) is 14.3. The molecule has 3 aliphatic heterocycles. The summed E-state index contributed by atoms with van der Waals surface area (Å²) in [6, 6.07) is 28.0. The van der Waals surface area contributed by atoms with E-state index in [2.05, 4.69) is 4.90 Å². The van der Waals surface area contributed by atoms with E-state index in [-0.39, 0.29) is 23.6 Å². The minimum absolute atomic E-state index is 0.108. The summed E-state index contributed by atoms with van der Waals surface area (Å²) in [5.74, 6) is -1.77. The van der Waals surface area contributed by atoms with E-state index in [9.17, 15) is 19.5 Å². The highest BCUT2D eigenvalue weighted by Gasteiger charge is 2.52. The van der Waals surface area contributed by atoms with Crippen molar-refractivity contribution in [2.45, 2.75) is 49.3 Å². The fourth-order valence-corrected chi connectivity index (χ4v) is 6.85. The van der Waals surface area contributed by atoms with E-state index in [4.69, 9.17) is 4.74 Å². The van der Waals surface area contributed by atoms with E-state index in [0.29, 0.717) is 32.7 Å². The molecule has 3 heterocycles. The quantitative estimate of drug-likeness (QED) is 0.468. The molecule has 212 valence electrons. The molecule has 3 saturated heterocycles. The zero-order valence-electron chi connectivity index (χ0n) is 23.0. The Morgan fingerprint density at radius 2 is 1.51 bits per heavy atom. The maximum absolute atomic E-state index is 14.2. The number of cyclic esters (lactones) is 1. The van der Waals surface area contributed by atoms with Gasteiger partial charge in [-0.3, -0.25) is 14.6 Å². The van der Waals surface area contributed by atoms with Crippen molar-refractivity contribution in [2.24, 2.45) is 0 Å². The van der Waals surface area contributed by atoms with Crippen LogP contribution in [0.4, 0.5) is 4.79 Å². The third-order valence-corrected chi connectivity index (χ3v) is 9.01. The van der Waals surface area contributed by atoms with E-state index < -0.39 is 17.9 Å². The van der Waals surface area contributed by atoms with Crippen LogP contribution in [0, 0.1) is 0 Å². The van der Waals surface area contributed by atoms with Gasteiger partial charge in [-0.15, -0.1) is 0 Å². The molecule has 1 N–H and O–H groups in total. The molecule has 0 aromatic heterocycles. The van der Waals surface area contributed by atoms with Crippen molar-refractivity contribution in [1.29, 1.82) is 0 Å². The number of rotatable bonds is 7. The Morgan fingerprint density at radius 1 is 0.902 bits per heavy atom. The Balaban J connectivity index is 1.24. The second-order valence-corrected chi connectivity index (χ2v) is 11.4. The van der Waals surface area contributed by atoms with Crippen LogP contribution in [-0.2, 0) is 20.9 Å². The minimum Gasteiger partial charge on any atom is -0.480 e. The van der Waals surface area contributed by atoms with Crippen molar-refractivity contribution in [3.8, 4) is 0 Å². The lowest BCUT2D eigenvalue weighted by atomic mass is 9.90. The highest BCUT2D eigenvalue weighted by atomic mass is 16.6. The van der Waals surface area contributed by atoms with E-state index >= 15 is 0 Å². The topological polar surface area (TPSA) is 90.4 Å². The largest absolute Gasteiger partial charge is 0.480 e. The number of nitrogens with zero attached hydrogens (tertiary/aromatic N) is 3. The summed E-state index contributed by atoms with van der Waals surface area (Å²) in [6.45, 7) is 2.55. The van der Waals surface area contributed by atoms with Crippen molar-refractivity contribution in [1.82, 2.24) is 14.7 Å². The minimum atomic E-state index is -0.985. The second kappa shape index (κ2) is 11.4. The number of hydrogen-bond donors (Lipinski definition) is 1. The van der Waals surface area contributed by atoms with Crippen LogP contribution < -0.4 is 0 Å². The van der Waals surface area contributed by atoms with Crippen LogP contribution in [0.3, 0.4) is 0 Å². The number of carboxylic acid groups (broad SMARTS) is 1. The third-order valence-electron chi connectivity index (χ3n) is 9.01. The van der Waals surface area contributed by atoms with Gasteiger partial charge in [0.1, 0.15) is 6.04 Å². The summed E-state index contributed by atoms with van der Waals surface area (Å²) < 4.78 is 5.46. The van der Waals surface area contributed by atoms with Crippen LogP contribution in [-0.4, -0.2) is 81.6 Å². The number of carboxylic acids is 1. The molecule has 1 spiro atoms. The predicted molar refractivity (Wildman–Crippen MR) is 153 cm³/mol. The van der Waals surface area contributed by atoms with E-state index in [1.165, 1.54) is 0 Å². The van der Waals surface area contributed by atoms with Gasteiger partial charge in [-0.2, -0.15) is 0 Å². The summed E-state index contributed by atoms with van der Waals surface area (Å²) >= 11 is 0. The number of benzene rings is 3. The number of carbonyl (C=O) groups excluding carboxylic acids is 2. The highest BCUT2D eigenvalue weighted by Crippen LogP contribution is 2.39. The molecule has 2 amide bonds. The van der Waals surface area contributed by atoms with E-state index in [0.717, 1.165) is 36.1 Å². The fraction of sp³-hybridized carbons (Fsp3) is 0.364. The standard InChI is InChI=1S/C33H35N3O5/c37-30(29(25-12-6-2-7-13-25)26-14-8-3-9-15-26)35-22-27(20-28(35)31(38)39)34-18-16-33(23-34)17-19-41-32(40)36(33)21-24-10-4-1-5-11-24/h1-15,27-29H,16-23H2,(H,38,39). The molecule has 8 heteroatoms. The molecule has 3 unspecified atom stereocenters. The van der Waals surface area contributed by atoms with Crippen LogP contribution in [0.2, 0.25) is 0 Å². The monoisotopic (exact) mass is 553 g/mol. The van der Waals surface area contributed by atoms with E-state index in [1.54, 1.807) is 4.90 Å². The van der Waals surface area contributed by atoms with Gasteiger partial charge in [0.15, 0.2) is 0 Å². The maximum Gasteiger partial charge on any atom is 0.410 e. The van der Waals surface area contributed by atoms with Gasteiger partial charge in [-0.25, -0.2) is 9.59 Å². The molecule has 41 heavy (non-hydrogen) atoms. The third kappa shape index (κ3) is 5.32. The highest BCUT2D eigenvalue weighted by molar-refractivity contribution is 5.91. The van der Waals surface area contributed by atoms with Crippen LogP contribution in [0.15, 0.2) is 91.0 Å². The van der Waals surface area contributed by atoms with E-state index in [1.807, 2.05) is 95.9 Å². The summed E-state index contributed by atoms with van der Waals surface area (Å²) in [5, 5.41) is 10.2. The number of carbonyl (C=O) groups is 3. The molecular formula is C33H35N3O5. The first-order chi connectivity index (χ1) is 19.9. The average Bonchev–Trinajstić information content (AvgIpc) is 3.63. The lowest BCUT2D eigenvalue weighted by Gasteiger charge is -2.44. The Labute approximate surface area is 240 Å². The molecule has 3 atom stereocenters. The molecule has 0 saturated carbocycles. The van der Waals surface area contributed by atoms with Crippen LogP contribution in [0.5, 0.6) is 0 Å². The van der Waals surface area contributed by atoms with Crippen molar-refractivity contribution in [3.05, 3.63) is 108 Å². The Kier molecular flexibility index (Phi) is 7.49. The predicted octanol–water partition coefficient (Wildman–Crippen LogP) is 4.36. The summed E-state index contributed by atoms with van der Waals surface area (Å²) in [7, 11) is 0. The number of amides is 2. The van der Waals surface area contributed by atoms with Crippen LogP contribution in [0.25, 0.3) is 0 Å². The normalized spacial score (nSPS) is 24.7. The molecule has 3 aliphatic rings. The zero-order chi connectivity index (χ0) is 28.4. The van der Waals surface area contributed by atoms with Crippen molar-refractivity contribution in [2.75, 3.05) is 26.2 Å². The molecule has 0 aliphatic carbocycles. The van der Waals surface area contributed by atoms with Crippen molar-refractivity contribution in [3.63, 3.8) is 0 Å². The second-order valence-electron chi connectivity index (χ2n) is 11.4. The van der Waals surface area contributed by atoms with Gasteiger partial charge in [0.05, 0.1) is 18.1 Å². The van der Waals surface area contributed by atoms with Crippen molar-refractivity contribution >= 4 is 18.0 Å². The summed E-state index contributed by atoms with van der Waals surface area (Å²) in [5.41, 5.74) is 2.35. The van der Waals surface area contributed by atoms with Gasteiger partial charge in [0.25, 0.3) is 0 Å². The van der Waals surface area contributed by atoms with Gasteiger partial charge in [-0.1, -0.05) is 91.0 Å². The zero-order valence-corrected chi connectivity index (χ0v) is 23.0. The number of aliphatic carboxylic acids is 1. The number of ether oxygens (including phenoxy) is 1. The maximum atomic E-state index is 14.2. The van der Waals surface area contributed by atoms with Gasteiger partial charge >= 0.3 is 12.1 Å². The number of likely N-dealkylation sites (tertiary alicyclic amines) is 2. The Hall–Kier alpha value is -4.17. The average molecular weight is 554 g/mol. The molecule has 3 aromatic rings. The smallest absolute Gasteiger partial charge is 0.410 e. The molecular weight excluding hydrogens is 518 g/mol. The van der Waals surface area contributed by atoms with Crippen LogP contribution in [0.1, 0.15) is 41.9 Å². The number of hydrogen-bond acceptors (Lipinski definition) is 5. The first-order valence-corrected chi connectivity index (χ1v) is 14.3. The van der Waals surface area contributed by atoms with Gasteiger partial charge in [0.2, 0.25) is 5.91 Å². The molecule has 3 aromatic carbocycles. The summed E-state index contributed by atoms with van der Waals surface area (Å²) in [6.07, 6.45) is 1.57. The summed E-state index contributed by atoms with van der Waals surface area (Å²) in [4.78, 5) is 45.4. The molecule has 0 bridgehead atoms. The Morgan fingerprint density at radius 3 is 2.12 bits per heavy atom. The lowest BCUT2D eigenvalue weighted by molar-refractivity contribution is -0.148. The molecule has 3 fully saturated rings. The van der Waals surface area contributed by atoms with Gasteiger partial charge in [-0.05, 0) is 29.5 Å².